The van der Waals surface area contributed by atoms with E-state index in [-0.39, 0.29) is 5.11 Å². The molecule has 0 bridgehead atoms. The molecular weight excluding hydrogens is 170 g/mol. The lowest BCUT2D eigenvalue weighted by Gasteiger charge is -2.09. The van der Waals surface area contributed by atoms with Crippen molar-refractivity contribution in [2.45, 2.75) is 0 Å². The summed E-state index contributed by atoms with van der Waals surface area (Å²) in [6.45, 7) is 0. The fourth-order valence-corrected chi connectivity index (χ4v) is 1.05. The number of thiocarbonyl (C=S) groups is 1. The fourth-order valence-electron chi connectivity index (χ4n) is 0.943. The van der Waals surface area contributed by atoms with Gasteiger partial charge in [-0.2, -0.15) is 0 Å². The summed E-state index contributed by atoms with van der Waals surface area (Å²) in [7, 11) is 1.85. The molecule has 0 saturated heterocycles. The molecule has 0 saturated carbocycles. The zero-order chi connectivity index (χ0) is 8.97. The Morgan fingerprint density at radius 3 is 2.42 bits per heavy atom. The van der Waals surface area contributed by atoms with Crippen LogP contribution in [0.25, 0.3) is 0 Å². The van der Waals surface area contributed by atoms with Gasteiger partial charge in [0.2, 0.25) is 0 Å². The van der Waals surface area contributed by atoms with E-state index in [1.165, 1.54) is 0 Å². The average molecular weight is 181 g/mol. The largest absolute Gasteiger partial charge is 0.386 e. The van der Waals surface area contributed by atoms with Gasteiger partial charge in [0.1, 0.15) is 0 Å². The second-order valence-electron chi connectivity index (χ2n) is 2.28. The quantitative estimate of drug-likeness (QED) is 0.603. The third-order valence-corrected chi connectivity index (χ3v) is 1.56. The Morgan fingerprint density at radius 2 is 1.92 bits per heavy atom. The van der Waals surface area contributed by atoms with Crippen molar-refractivity contribution in [3.05, 3.63) is 24.3 Å². The third kappa shape index (κ3) is 2.10. The molecule has 0 aliphatic heterocycles. The van der Waals surface area contributed by atoms with Gasteiger partial charge in [-0.1, -0.05) is 12.1 Å². The Balaban J connectivity index is 2.89. The van der Waals surface area contributed by atoms with Gasteiger partial charge in [0.05, 0.1) is 11.4 Å². The Bertz CT molecular complexity index is 285. The number of nitrogens with one attached hydrogen (secondary N) is 2. The molecule has 0 spiro atoms. The zero-order valence-electron chi connectivity index (χ0n) is 6.79. The van der Waals surface area contributed by atoms with Crippen molar-refractivity contribution in [3.8, 4) is 0 Å². The molecule has 0 heterocycles. The molecular formula is C8H11N3S. The second kappa shape index (κ2) is 3.92. The molecule has 0 fully saturated rings. The zero-order valence-corrected chi connectivity index (χ0v) is 7.61. The highest BCUT2D eigenvalue weighted by molar-refractivity contribution is 7.80. The molecule has 3 nitrogen and oxygen atoms in total. The maximum atomic E-state index is 5.34. The maximum Gasteiger partial charge on any atom is 0.168 e. The number of hydrogen-bond donors (Lipinski definition) is 3. The monoisotopic (exact) mass is 181 g/mol. The summed E-state index contributed by atoms with van der Waals surface area (Å²) in [4.78, 5) is 0. The van der Waals surface area contributed by atoms with Gasteiger partial charge in [-0.05, 0) is 24.4 Å². The number of hydrogen-bond acceptors (Lipinski definition) is 2. The molecule has 64 valence electrons. The Hall–Kier alpha value is -1.29. The lowest BCUT2D eigenvalue weighted by molar-refractivity contribution is 1.49. The van der Waals surface area contributed by atoms with Crippen molar-refractivity contribution in [2.24, 2.45) is 5.73 Å². The van der Waals surface area contributed by atoms with Crippen LogP contribution in [-0.4, -0.2) is 12.2 Å². The lowest BCUT2D eigenvalue weighted by atomic mass is 10.2. The van der Waals surface area contributed by atoms with Crippen molar-refractivity contribution in [3.63, 3.8) is 0 Å². The van der Waals surface area contributed by atoms with Gasteiger partial charge < -0.3 is 16.4 Å². The molecule has 1 aromatic carbocycles. The first-order chi connectivity index (χ1) is 5.74. The number of rotatable bonds is 2. The number of benzene rings is 1. The van der Waals surface area contributed by atoms with Crippen LogP contribution in [0.15, 0.2) is 24.3 Å². The standard InChI is InChI=1S/C8H11N3S/c1-10-6-4-2-3-5-7(6)11-8(9)12/h2-5,10H,1H3,(H3,9,11,12). The second-order valence-corrected chi connectivity index (χ2v) is 2.72. The van der Waals surface area contributed by atoms with E-state index in [2.05, 4.69) is 10.6 Å². The molecule has 0 radical (unpaired) electrons. The summed E-state index contributed by atoms with van der Waals surface area (Å²) in [5.74, 6) is 0. The highest BCUT2D eigenvalue weighted by Gasteiger charge is 1.97. The molecule has 0 unspecified atom stereocenters. The van der Waals surface area contributed by atoms with Crippen LogP contribution in [0.1, 0.15) is 0 Å². The van der Waals surface area contributed by atoms with Gasteiger partial charge in [0, 0.05) is 7.05 Å². The van der Waals surface area contributed by atoms with E-state index >= 15 is 0 Å². The Morgan fingerprint density at radius 1 is 1.33 bits per heavy atom. The van der Waals surface area contributed by atoms with Gasteiger partial charge in [0.25, 0.3) is 0 Å². The van der Waals surface area contributed by atoms with Gasteiger partial charge in [0.15, 0.2) is 5.11 Å². The summed E-state index contributed by atoms with van der Waals surface area (Å²) in [5.41, 5.74) is 7.21. The summed E-state index contributed by atoms with van der Waals surface area (Å²) in [6, 6.07) is 7.71. The first kappa shape index (κ1) is 8.80. The number of para-hydroxylation sites is 2. The van der Waals surface area contributed by atoms with E-state index in [0.717, 1.165) is 11.4 Å². The highest BCUT2D eigenvalue weighted by Crippen LogP contribution is 2.19. The van der Waals surface area contributed by atoms with E-state index in [0.29, 0.717) is 0 Å². The lowest BCUT2D eigenvalue weighted by Crippen LogP contribution is -2.19. The van der Waals surface area contributed by atoms with Crippen LogP contribution in [-0.2, 0) is 0 Å². The predicted octanol–water partition coefficient (Wildman–Crippen LogP) is 1.38. The normalized spacial score (nSPS) is 9.08. The first-order valence-corrected chi connectivity index (χ1v) is 3.98. The topological polar surface area (TPSA) is 50.1 Å². The van der Waals surface area contributed by atoms with E-state index < -0.39 is 0 Å². The average Bonchev–Trinajstić information content (AvgIpc) is 2.04. The molecule has 12 heavy (non-hydrogen) atoms. The number of anilines is 2. The minimum Gasteiger partial charge on any atom is -0.386 e. The van der Waals surface area contributed by atoms with Crippen LogP contribution >= 0.6 is 12.2 Å². The molecule has 4 heteroatoms. The summed E-state index contributed by atoms with van der Waals surface area (Å²) >= 11 is 4.72. The van der Waals surface area contributed by atoms with Gasteiger partial charge >= 0.3 is 0 Å². The molecule has 1 rings (SSSR count). The van der Waals surface area contributed by atoms with Crippen LogP contribution in [0.4, 0.5) is 11.4 Å². The van der Waals surface area contributed by atoms with Crippen molar-refractivity contribution < 1.29 is 0 Å². The van der Waals surface area contributed by atoms with Crippen LogP contribution in [0.5, 0.6) is 0 Å². The summed E-state index contributed by atoms with van der Waals surface area (Å²) < 4.78 is 0. The third-order valence-electron chi connectivity index (χ3n) is 1.45. The fraction of sp³-hybridized carbons (Fsp3) is 0.125. The van der Waals surface area contributed by atoms with Crippen LogP contribution in [0.2, 0.25) is 0 Å². The Kier molecular flexibility index (Phi) is 2.88. The molecule has 0 amide bonds. The van der Waals surface area contributed by atoms with Crippen molar-refractivity contribution in [1.29, 1.82) is 0 Å². The molecule has 1 aromatic rings. The molecule has 0 atom stereocenters. The van der Waals surface area contributed by atoms with Crippen LogP contribution in [0, 0.1) is 0 Å². The van der Waals surface area contributed by atoms with E-state index in [1.807, 2.05) is 31.3 Å². The van der Waals surface area contributed by atoms with E-state index in [9.17, 15) is 0 Å². The summed E-state index contributed by atoms with van der Waals surface area (Å²) in [5, 5.41) is 6.17. The van der Waals surface area contributed by atoms with Crippen molar-refractivity contribution >= 4 is 28.7 Å². The predicted molar refractivity (Wildman–Crippen MR) is 56.4 cm³/mol. The van der Waals surface area contributed by atoms with E-state index in [4.69, 9.17) is 18.0 Å². The van der Waals surface area contributed by atoms with Gasteiger partial charge in [-0.15, -0.1) is 0 Å². The van der Waals surface area contributed by atoms with Crippen LogP contribution in [0.3, 0.4) is 0 Å². The molecule has 4 N–H and O–H groups in total. The first-order valence-electron chi connectivity index (χ1n) is 3.57. The minimum absolute atomic E-state index is 0.276. The van der Waals surface area contributed by atoms with Crippen molar-refractivity contribution in [1.82, 2.24) is 0 Å². The SMILES string of the molecule is CNc1ccccc1NC(N)=S. The smallest absolute Gasteiger partial charge is 0.168 e. The van der Waals surface area contributed by atoms with Crippen LogP contribution < -0.4 is 16.4 Å². The van der Waals surface area contributed by atoms with E-state index in [1.54, 1.807) is 0 Å². The molecule has 0 aliphatic carbocycles. The Labute approximate surface area is 77.0 Å². The molecule has 0 aromatic heterocycles. The van der Waals surface area contributed by atoms with Gasteiger partial charge in [-0.3, -0.25) is 0 Å². The molecule has 0 aliphatic rings. The number of nitrogens with two attached hydrogens (primary N) is 1. The minimum atomic E-state index is 0.276. The highest BCUT2D eigenvalue weighted by atomic mass is 32.1. The summed E-state index contributed by atoms with van der Waals surface area (Å²) in [6.07, 6.45) is 0. The maximum absolute atomic E-state index is 5.34. The van der Waals surface area contributed by atoms with Gasteiger partial charge in [-0.25, -0.2) is 0 Å². The van der Waals surface area contributed by atoms with Crippen molar-refractivity contribution in [2.75, 3.05) is 17.7 Å².